The van der Waals surface area contributed by atoms with E-state index in [1.54, 1.807) is 0 Å². The fraction of sp³-hybridized carbons (Fsp3) is 1.00. The first-order chi connectivity index (χ1) is 15.7. The van der Waals surface area contributed by atoms with Gasteiger partial charge in [0.1, 0.15) is 0 Å². The van der Waals surface area contributed by atoms with Gasteiger partial charge in [-0.25, -0.2) is 0 Å². The van der Waals surface area contributed by atoms with Crippen LogP contribution in [0.5, 0.6) is 0 Å². The fourth-order valence-corrected chi connectivity index (χ4v) is 11.3. The molecule has 1 heterocycles. The van der Waals surface area contributed by atoms with E-state index >= 15 is 0 Å². The number of likely N-dealkylation sites (N-methyl/N-ethyl adjacent to an activating group) is 1. The molecule has 0 radical (unpaired) electrons. The molecule has 6 aliphatic rings. The van der Waals surface area contributed by atoms with Gasteiger partial charge in [-0.2, -0.15) is 0 Å². The average molecular weight is 458 g/mol. The van der Waals surface area contributed by atoms with Crippen LogP contribution in [-0.2, 0) is 4.74 Å². The number of aliphatic hydroxyl groups excluding tert-OH is 1. The lowest BCUT2D eigenvalue weighted by molar-refractivity contribution is -0.135. The summed E-state index contributed by atoms with van der Waals surface area (Å²) in [7, 11) is 2.29. The van der Waals surface area contributed by atoms with Gasteiger partial charge in [-0.1, -0.05) is 34.1 Å². The summed E-state index contributed by atoms with van der Waals surface area (Å²) in [5.41, 5.74) is 1.81. The van der Waals surface area contributed by atoms with Crippen LogP contribution in [0, 0.1) is 45.3 Å². The Morgan fingerprint density at radius 1 is 0.909 bits per heavy atom. The van der Waals surface area contributed by atoms with Gasteiger partial charge in [-0.3, -0.25) is 0 Å². The summed E-state index contributed by atoms with van der Waals surface area (Å²) in [6.45, 7) is 12.1. The average Bonchev–Trinajstić information content (AvgIpc) is 3.36. The van der Waals surface area contributed by atoms with E-state index in [1.165, 1.54) is 77.2 Å². The zero-order valence-corrected chi connectivity index (χ0v) is 22.2. The summed E-state index contributed by atoms with van der Waals surface area (Å²) in [6, 6.07) is 0. The third-order valence-electron chi connectivity index (χ3n) is 13.1. The molecule has 2 spiro atoms. The van der Waals surface area contributed by atoms with Crippen molar-refractivity contribution in [3.05, 3.63) is 0 Å². The van der Waals surface area contributed by atoms with Gasteiger partial charge < -0.3 is 14.7 Å². The van der Waals surface area contributed by atoms with Crippen LogP contribution in [0.3, 0.4) is 0 Å². The number of fused-ring (bicyclic) bond motifs is 4. The standard InChI is InChI=1S/C30H51NO2/c1-6-7-16-31(5)18-20-8-9-22-24(33-20)17-23-21-10-11-25-27(2,3)26(32)12-13-30(25)19-29(21,30)15-14-28(22,23)4/h20-26,32H,6-19H2,1-5H3/t20?,21?,22?,23?,24?,25?,26-,28?,29?,30?/m0/s1. The van der Waals surface area contributed by atoms with Crippen LogP contribution in [-0.4, -0.2) is 48.5 Å². The molecule has 5 aliphatic carbocycles. The molecule has 0 aromatic carbocycles. The molecule has 33 heavy (non-hydrogen) atoms. The molecular weight excluding hydrogens is 406 g/mol. The topological polar surface area (TPSA) is 32.7 Å². The molecule has 10 atom stereocenters. The normalized spacial score (nSPS) is 54.1. The van der Waals surface area contributed by atoms with E-state index in [4.69, 9.17) is 4.74 Å². The Kier molecular flexibility index (Phi) is 5.43. The number of hydrogen-bond acceptors (Lipinski definition) is 3. The summed E-state index contributed by atoms with van der Waals surface area (Å²) in [5.74, 6) is 3.36. The molecule has 6 rings (SSSR count). The van der Waals surface area contributed by atoms with Crippen molar-refractivity contribution >= 4 is 0 Å². The van der Waals surface area contributed by atoms with Gasteiger partial charge in [0.15, 0.2) is 0 Å². The third kappa shape index (κ3) is 3.10. The van der Waals surface area contributed by atoms with Crippen LogP contribution in [0.15, 0.2) is 0 Å². The zero-order valence-electron chi connectivity index (χ0n) is 22.2. The Balaban J connectivity index is 1.19. The largest absolute Gasteiger partial charge is 0.393 e. The highest BCUT2D eigenvalue weighted by Gasteiger charge is 2.80. The second-order valence-corrected chi connectivity index (χ2v) is 14.5. The van der Waals surface area contributed by atoms with Gasteiger partial charge >= 0.3 is 0 Å². The van der Waals surface area contributed by atoms with Crippen molar-refractivity contribution in [3.8, 4) is 0 Å². The van der Waals surface area contributed by atoms with Crippen molar-refractivity contribution in [2.75, 3.05) is 20.1 Å². The maximum atomic E-state index is 10.8. The van der Waals surface area contributed by atoms with Crippen molar-refractivity contribution in [2.45, 2.75) is 123 Å². The number of ether oxygens (including phenoxy) is 1. The Bertz CT molecular complexity index is 766. The minimum absolute atomic E-state index is 0.0914. The Hall–Kier alpha value is -0.120. The quantitative estimate of drug-likeness (QED) is 0.527. The molecule has 1 aliphatic heterocycles. The lowest BCUT2D eigenvalue weighted by Crippen LogP contribution is -2.54. The second kappa shape index (κ2) is 7.69. The van der Waals surface area contributed by atoms with E-state index in [0.29, 0.717) is 28.5 Å². The predicted molar refractivity (Wildman–Crippen MR) is 134 cm³/mol. The van der Waals surface area contributed by atoms with Gasteiger partial charge in [0.2, 0.25) is 0 Å². The molecule has 0 bridgehead atoms. The smallest absolute Gasteiger partial charge is 0.0705 e. The van der Waals surface area contributed by atoms with E-state index in [9.17, 15) is 5.11 Å². The van der Waals surface area contributed by atoms with E-state index in [0.717, 1.165) is 36.6 Å². The summed E-state index contributed by atoms with van der Waals surface area (Å²) in [5, 5.41) is 10.8. The Morgan fingerprint density at radius 2 is 1.70 bits per heavy atom. The molecule has 5 saturated carbocycles. The lowest BCUT2D eigenvalue weighted by atomic mass is 9.46. The molecule has 1 N–H and O–H groups in total. The Labute approximate surface area is 203 Å². The first-order valence-corrected chi connectivity index (χ1v) is 14.7. The maximum Gasteiger partial charge on any atom is 0.0705 e. The van der Waals surface area contributed by atoms with E-state index < -0.39 is 0 Å². The maximum absolute atomic E-state index is 10.8. The molecule has 6 fully saturated rings. The second-order valence-electron chi connectivity index (χ2n) is 14.5. The van der Waals surface area contributed by atoms with Gasteiger partial charge in [-0.05, 0) is 130 Å². The molecule has 1 saturated heterocycles. The molecule has 0 amide bonds. The third-order valence-corrected chi connectivity index (χ3v) is 13.1. The molecule has 188 valence electrons. The molecule has 3 nitrogen and oxygen atoms in total. The minimum Gasteiger partial charge on any atom is -0.393 e. The summed E-state index contributed by atoms with van der Waals surface area (Å²) in [4.78, 5) is 2.52. The number of nitrogens with zero attached hydrogens (tertiary/aromatic N) is 1. The van der Waals surface area contributed by atoms with Crippen LogP contribution in [0.4, 0.5) is 0 Å². The first-order valence-electron chi connectivity index (χ1n) is 14.7. The minimum atomic E-state index is -0.0914. The van der Waals surface area contributed by atoms with Crippen molar-refractivity contribution in [1.82, 2.24) is 4.90 Å². The van der Waals surface area contributed by atoms with Crippen molar-refractivity contribution in [2.24, 2.45) is 45.3 Å². The summed E-state index contributed by atoms with van der Waals surface area (Å²) >= 11 is 0. The van der Waals surface area contributed by atoms with Crippen LogP contribution in [0.1, 0.15) is 105 Å². The molecule has 3 heteroatoms. The zero-order chi connectivity index (χ0) is 23.2. The molecular formula is C30H51NO2. The van der Waals surface area contributed by atoms with Gasteiger partial charge in [0.25, 0.3) is 0 Å². The molecule has 0 aromatic rings. The van der Waals surface area contributed by atoms with Crippen LogP contribution in [0.25, 0.3) is 0 Å². The van der Waals surface area contributed by atoms with E-state index in [-0.39, 0.29) is 11.5 Å². The first kappa shape index (κ1) is 23.3. The van der Waals surface area contributed by atoms with Crippen LogP contribution in [0.2, 0.25) is 0 Å². The van der Waals surface area contributed by atoms with Crippen molar-refractivity contribution in [3.63, 3.8) is 0 Å². The monoisotopic (exact) mass is 457 g/mol. The number of hydrogen-bond donors (Lipinski definition) is 1. The van der Waals surface area contributed by atoms with E-state index in [1.807, 2.05) is 0 Å². The summed E-state index contributed by atoms with van der Waals surface area (Å²) in [6.07, 6.45) is 17.0. The Morgan fingerprint density at radius 3 is 2.48 bits per heavy atom. The highest BCUT2D eigenvalue weighted by molar-refractivity contribution is 5.29. The lowest BCUT2D eigenvalue weighted by Gasteiger charge is -2.59. The SMILES string of the molecule is CCCCN(C)CC1CCC2C(CC3C4CCC5C(C)(C)[C@@H](O)CCC56CC46CCC23C)O1. The molecule has 9 unspecified atom stereocenters. The number of aliphatic hydroxyl groups is 1. The fourth-order valence-electron chi connectivity index (χ4n) is 11.3. The van der Waals surface area contributed by atoms with Crippen molar-refractivity contribution < 1.29 is 9.84 Å². The summed E-state index contributed by atoms with van der Waals surface area (Å²) < 4.78 is 6.92. The highest BCUT2D eigenvalue weighted by atomic mass is 16.5. The van der Waals surface area contributed by atoms with Crippen LogP contribution < -0.4 is 0 Å². The van der Waals surface area contributed by atoms with Gasteiger partial charge in [0, 0.05) is 6.54 Å². The number of unbranched alkanes of at least 4 members (excludes halogenated alkanes) is 1. The van der Waals surface area contributed by atoms with Gasteiger partial charge in [-0.15, -0.1) is 0 Å². The van der Waals surface area contributed by atoms with Crippen molar-refractivity contribution in [1.29, 1.82) is 0 Å². The van der Waals surface area contributed by atoms with Gasteiger partial charge in [0.05, 0.1) is 18.3 Å². The molecule has 0 aromatic heterocycles. The van der Waals surface area contributed by atoms with Crippen LogP contribution >= 0.6 is 0 Å². The predicted octanol–water partition coefficient (Wildman–Crippen LogP) is 6.29. The van der Waals surface area contributed by atoms with E-state index in [2.05, 4.69) is 39.6 Å². The highest BCUT2D eigenvalue weighted by Crippen LogP contribution is 2.87. The number of rotatable bonds is 5.